The Bertz CT molecular complexity index is 463. The van der Waals surface area contributed by atoms with Crippen LogP contribution in [0.5, 0.6) is 0 Å². The molecule has 0 radical (unpaired) electrons. The predicted molar refractivity (Wildman–Crippen MR) is 63.2 cm³/mol. The van der Waals surface area contributed by atoms with E-state index in [4.69, 9.17) is 5.11 Å². The van der Waals surface area contributed by atoms with Crippen LogP contribution in [-0.2, 0) is 0 Å². The molecule has 0 fully saturated rings. The van der Waals surface area contributed by atoms with Crippen molar-refractivity contribution in [1.29, 1.82) is 0 Å². The van der Waals surface area contributed by atoms with E-state index in [1.165, 1.54) is 12.1 Å². The van der Waals surface area contributed by atoms with Crippen LogP contribution >= 0.6 is 0 Å². The highest BCUT2D eigenvalue weighted by Gasteiger charge is 2.31. The summed E-state index contributed by atoms with van der Waals surface area (Å²) >= 11 is 0. The molecule has 5 nitrogen and oxygen atoms in total. The van der Waals surface area contributed by atoms with E-state index in [0.717, 1.165) is 11.0 Å². The van der Waals surface area contributed by atoms with Gasteiger partial charge in [0.05, 0.1) is 11.5 Å². The zero-order chi connectivity index (χ0) is 14.6. The quantitative estimate of drug-likeness (QED) is 0.662. The van der Waals surface area contributed by atoms with E-state index in [2.05, 4.69) is 0 Å². The van der Waals surface area contributed by atoms with Crippen molar-refractivity contribution in [2.24, 2.45) is 0 Å². The minimum absolute atomic E-state index is 0.0677. The lowest BCUT2D eigenvalue weighted by Crippen LogP contribution is -2.36. The molecule has 8 heteroatoms. The maximum absolute atomic E-state index is 12.4. The molecule has 0 amide bonds. The zero-order valence-corrected chi connectivity index (χ0v) is 10.1. The maximum atomic E-state index is 12.4. The molecular weight excluding hydrogens is 265 g/mol. The number of nitrogens with zero attached hydrogens (tertiary/aromatic N) is 2. The molecule has 0 unspecified atom stereocenters. The fraction of sp³-hybridized carbons (Fsp3) is 0.455. The molecule has 1 rings (SSSR count). The van der Waals surface area contributed by atoms with Gasteiger partial charge in [0, 0.05) is 24.4 Å². The Morgan fingerprint density at radius 2 is 2.00 bits per heavy atom. The van der Waals surface area contributed by atoms with Crippen molar-refractivity contribution < 1.29 is 23.2 Å². The Morgan fingerprint density at radius 3 is 2.47 bits per heavy atom. The molecule has 0 aliphatic rings. The number of nitro groups is 1. The highest BCUT2D eigenvalue weighted by molar-refractivity contribution is 5.55. The summed E-state index contributed by atoms with van der Waals surface area (Å²) < 4.78 is 37.3. The monoisotopic (exact) mass is 278 g/mol. The van der Waals surface area contributed by atoms with Crippen molar-refractivity contribution >= 4 is 11.4 Å². The molecule has 1 aromatic carbocycles. The molecule has 1 N–H and O–H groups in total. The summed E-state index contributed by atoms with van der Waals surface area (Å²) in [5.41, 5.74) is 0.271. The van der Waals surface area contributed by atoms with E-state index in [-0.39, 0.29) is 17.9 Å². The SMILES string of the molecule is Cc1cc(N(CCO)CC(F)(F)F)cc([N+](=O)[O-])c1. The van der Waals surface area contributed by atoms with Crippen molar-refractivity contribution in [3.63, 3.8) is 0 Å². The van der Waals surface area contributed by atoms with Crippen molar-refractivity contribution in [3.05, 3.63) is 33.9 Å². The predicted octanol–water partition coefficient (Wildman–Crippen LogP) is 2.26. The smallest absolute Gasteiger partial charge is 0.395 e. The standard InChI is InChI=1S/C11H13F3N2O3/c1-8-4-9(6-10(5-8)16(18)19)15(2-3-17)7-11(12,13)14/h4-6,17H,2-3,7H2,1H3. The average molecular weight is 278 g/mol. The Labute approximate surface area is 107 Å². The molecule has 106 valence electrons. The lowest BCUT2D eigenvalue weighted by Gasteiger charge is -2.25. The summed E-state index contributed by atoms with van der Waals surface area (Å²) in [5.74, 6) is 0. The molecule has 0 spiro atoms. The van der Waals surface area contributed by atoms with Crippen LogP contribution in [0.2, 0.25) is 0 Å². The third-order valence-corrected chi connectivity index (χ3v) is 2.36. The second kappa shape index (κ2) is 5.87. The van der Waals surface area contributed by atoms with Gasteiger partial charge in [0.2, 0.25) is 0 Å². The average Bonchev–Trinajstić information content (AvgIpc) is 2.25. The van der Waals surface area contributed by atoms with Crippen LogP contribution in [0.25, 0.3) is 0 Å². The molecule has 0 bridgehead atoms. The van der Waals surface area contributed by atoms with Gasteiger partial charge in [-0.1, -0.05) is 0 Å². The van der Waals surface area contributed by atoms with Gasteiger partial charge in [-0.2, -0.15) is 13.2 Å². The van der Waals surface area contributed by atoms with E-state index < -0.39 is 24.3 Å². The van der Waals surface area contributed by atoms with Gasteiger partial charge in [0.15, 0.2) is 0 Å². The highest BCUT2D eigenvalue weighted by Crippen LogP contribution is 2.26. The van der Waals surface area contributed by atoms with E-state index in [0.29, 0.717) is 5.56 Å². The summed E-state index contributed by atoms with van der Waals surface area (Å²) in [6.45, 7) is -0.437. The third kappa shape index (κ3) is 4.74. The van der Waals surface area contributed by atoms with E-state index >= 15 is 0 Å². The number of aliphatic hydroxyl groups is 1. The van der Waals surface area contributed by atoms with Gasteiger partial charge in [0.25, 0.3) is 5.69 Å². The number of alkyl halides is 3. The first-order valence-electron chi connectivity index (χ1n) is 5.41. The molecule has 0 saturated heterocycles. The van der Waals surface area contributed by atoms with Gasteiger partial charge in [-0.25, -0.2) is 0 Å². The highest BCUT2D eigenvalue weighted by atomic mass is 19.4. The molecule has 0 aliphatic heterocycles. The Kier molecular flexibility index (Phi) is 4.71. The zero-order valence-electron chi connectivity index (χ0n) is 10.1. The number of anilines is 1. The van der Waals surface area contributed by atoms with Gasteiger partial charge in [-0.05, 0) is 18.6 Å². The molecule has 1 aromatic rings. The number of rotatable bonds is 5. The molecule has 0 atom stereocenters. The first-order valence-corrected chi connectivity index (χ1v) is 5.41. The topological polar surface area (TPSA) is 66.6 Å². The van der Waals surface area contributed by atoms with Gasteiger partial charge < -0.3 is 10.0 Å². The van der Waals surface area contributed by atoms with Gasteiger partial charge in [-0.3, -0.25) is 10.1 Å². The maximum Gasteiger partial charge on any atom is 0.405 e. The minimum atomic E-state index is -4.45. The van der Waals surface area contributed by atoms with Crippen molar-refractivity contribution in [3.8, 4) is 0 Å². The van der Waals surface area contributed by atoms with Crippen molar-refractivity contribution in [1.82, 2.24) is 0 Å². The largest absolute Gasteiger partial charge is 0.405 e. The van der Waals surface area contributed by atoms with Gasteiger partial charge >= 0.3 is 6.18 Å². The summed E-state index contributed by atoms with van der Waals surface area (Å²) in [7, 11) is 0. The number of benzene rings is 1. The summed E-state index contributed by atoms with van der Waals surface area (Å²) in [6.07, 6.45) is -4.45. The fourth-order valence-electron chi connectivity index (χ4n) is 1.67. The van der Waals surface area contributed by atoms with Crippen LogP contribution in [0.4, 0.5) is 24.5 Å². The van der Waals surface area contributed by atoms with Crippen LogP contribution in [0.3, 0.4) is 0 Å². The normalized spacial score (nSPS) is 11.4. The Hall–Kier alpha value is -1.83. The Morgan fingerprint density at radius 1 is 1.37 bits per heavy atom. The van der Waals surface area contributed by atoms with Crippen molar-refractivity contribution in [2.75, 3.05) is 24.6 Å². The van der Waals surface area contributed by atoms with Crippen molar-refractivity contribution in [2.45, 2.75) is 13.1 Å². The number of hydrogen-bond donors (Lipinski definition) is 1. The Balaban J connectivity index is 3.11. The summed E-state index contributed by atoms with van der Waals surface area (Å²) in [5, 5.41) is 19.5. The number of non-ortho nitro benzene ring substituents is 1. The number of hydrogen-bond acceptors (Lipinski definition) is 4. The van der Waals surface area contributed by atoms with Crippen LogP contribution < -0.4 is 4.90 Å². The molecule has 0 aromatic heterocycles. The first kappa shape index (κ1) is 15.2. The van der Waals surface area contributed by atoms with Crippen LogP contribution in [0.15, 0.2) is 18.2 Å². The van der Waals surface area contributed by atoms with E-state index in [9.17, 15) is 23.3 Å². The number of halogens is 3. The number of aryl methyl sites for hydroxylation is 1. The van der Waals surface area contributed by atoms with Gasteiger partial charge in [0.1, 0.15) is 6.54 Å². The molecule has 0 aliphatic carbocycles. The van der Waals surface area contributed by atoms with Gasteiger partial charge in [-0.15, -0.1) is 0 Å². The number of aliphatic hydroxyl groups excluding tert-OH is 1. The summed E-state index contributed by atoms with van der Waals surface area (Å²) in [6, 6.07) is 3.75. The van der Waals surface area contributed by atoms with Crippen LogP contribution in [-0.4, -0.2) is 35.9 Å². The summed E-state index contributed by atoms with van der Waals surface area (Å²) in [4.78, 5) is 10.9. The molecule has 19 heavy (non-hydrogen) atoms. The molecule has 0 saturated carbocycles. The van der Waals surface area contributed by atoms with Crippen LogP contribution in [0, 0.1) is 17.0 Å². The minimum Gasteiger partial charge on any atom is -0.395 e. The second-order valence-electron chi connectivity index (χ2n) is 4.04. The third-order valence-electron chi connectivity index (χ3n) is 2.36. The molecule has 0 heterocycles. The lowest BCUT2D eigenvalue weighted by molar-refractivity contribution is -0.384. The van der Waals surface area contributed by atoms with Crippen LogP contribution in [0.1, 0.15) is 5.56 Å². The second-order valence-corrected chi connectivity index (χ2v) is 4.04. The fourth-order valence-corrected chi connectivity index (χ4v) is 1.67. The van der Waals surface area contributed by atoms with E-state index in [1.807, 2.05) is 0 Å². The van der Waals surface area contributed by atoms with E-state index in [1.54, 1.807) is 6.92 Å². The number of nitro benzene ring substituents is 1. The molecular formula is C11H13F3N2O3. The lowest BCUT2D eigenvalue weighted by atomic mass is 10.1. The first-order chi connectivity index (χ1) is 8.73.